The molecule has 1 unspecified atom stereocenters. The smallest absolute Gasteiger partial charge is 0.338 e. The lowest BCUT2D eigenvalue weighted by Crippen LogP contribution is -2.29. The molecule has 7 nitrogen and oxygen atoms in total. The van der Waals surface area contributed by atoms with Gasteiger partial charge in [0.25, 0.3) is 0 Å². The van der Waals surface area contributed by atoms with Crippen LogP contribution in [-0.4, -0.2) is 27.3 Å². The molecule has 0 saturated carbocycles. The van der Waals surface area contributed by atoms with Crippen LogP contribution in [0.3, 0.4) is 0 Å². The lowest BCUT2D eigenvalue weighted by atomic mass is 9.95. The van der Waals surface area contributed by atoms with Crippen molar-refractivity contribution in [2.24, 2.45) is 0 Å². The van der Waals surface area contributed by atoms with Gasteiger partial charge in [0.2, 0.25) is 11.1 Å². The van der Waals surface area contributed by atoms with Gasteiger partial charge in [0.05, 0.1) is 12.2 Å². The highest BCUT2D eigenvalue weighted by molar-refractivity contribution is 7.98. The minimum atomic E-state index is -0.522. The summed E-state index contributed by atoms with van der Waals surface area (Å²) in [6.07, 6.45) is 2.06. The van der Waals surface area contributed by atoms with Crippen molar-refractivity contribution in [2.75, 3.05) is 11.9 Å². The first-order valence-electron chi connectivity index (χ1n) is 13.3. The molecule has 2 heterocycles. The number of thioether (sulfide) groups is 1. The first-order valence-corrected chi connectivity index (χ1v) is 14.6. The van der Waals surface area contributed by atoms with E-state index in [4.69, 9.17) is 31.2 Å². The Hall–Kier alpha value is -3.75. The van der Waals surface area contributed by atoms with Gasteiger partial charge in [-0.2, -0.15) is 4.98 Å². The van der Waals surface area contributed by atoms with Crippen molar-refractivity contribution >= 4 is 35.3 Å². The number of ether oxygens (including phenoxy) is 2. The second-order valence-corrected chi connectivity index (χ2v) is 10.8. The van der Waals surface area contributed by atoms with E-state index in [0.717, 1.165) is 35.3 Å². The van der Waals surface area contributed by atoms with E-state index in [-0.39, 0.29) is 6.61 Å². The van der Waals surface area contributed by atoms with Crippen LogP contribution in [0.2, 0.25) is 5.02 Å². The van der Waals surface area contributed by atoms with Crippen LogP contribution in [0.25, 0.3) is 0 Å². The average Bonchev–Trinajstić information content (AvgIpc) is 3.38. The first-order chi connectivity index (χ1) is 19.5. The number of halogens is 1. The summed E-state index contributed by atoms with van der Waals surface area (Å²) in [5.74, 6) is 1.56. The molecule has 1 aliphatic heterocycles. The second kappa shape index (κ2) is 13.1. The summed E-state index contributed by atoms with van der Waals surface area (Å²) < 4.78 is 13.4. The maximum atomic E-state index is 13.5. The zero-order valence-electron chi connectivity index (χ0n) is 22.5. The summed E-state index contributed by atoms with van der Waals surface area (Å²) in [5, 5.41) is 9.37. The number of anilines is 1. The van der Waals surface area contributed by atoms with E-state index in [2.05, 4.69) is 12.2 Å². The van der Waals surface area contributed by atoms with Crippen molar-refractivity contribution in [3.8, 4) is 5.75 Å². The summed E-state index contributed by atoms with van der Waals surface area (Å²) in [6.45, 7) is 4.84. The largest absolute Gasteiger partial charge is 0.494 e. The van der Waals surface area contributed by atoms with Crippen molar-refractivity contribution in [1.82, 2.24) is 14.8 Å². The normalized spacial score (nSPS) is 14.4. The molecule has 3 aromatic carbocycles. The van der Waals surface area contributed by atoms with E-state index in [0.29, 0.717) is 39.8 Å². The number of aromatic nitrogens is 3. The third-order valence-electron chi connectivity index (χ3n) is 6.54. The van der Waals surface area contributed by atoms with Crippen molar-refractivity contribution in [2.45, 2.75) is 50.2 Å². The standard InChI is InChI=1S/C31H31ClN4O3S/c1-3-4-18-38-25-16-14-23(15-17-25)28-27(29(37)39-19-22-10-6-5-7-11-22)21(2)33-30-34-31(35-36(28)30)40-20-24-12-8-9-13-26(24)32/h5-17,28H,3-4,18-20H2,1-2H3,(H,33,34,35). The van der Waals surface area contributed by atoms with Gasteiger partial charge in [0, 0.05) is 16.5 Å². The fourth-order valence-electron chi connectivity index (χ4n) is 4.40. The summed E-state index contributed by atoms with van der Waals surface area (Å²) in [7, 11) is 0. The number of esters is 1. The van der Waals surface area contributed by atoms with Gasteiger partial charge in [-0.1, -0.05) is 97.4 Å². The van der Waals surface area contributed by atoms with Crippen molar-refractivity contribution in [3.05, 3.63) is 112 Å². The first kappa shape index (κ1) is 27.8. The molecule has 0 amide bonds. The molecule has 0 saturated heterocycles. The number of rotatable bonds is 11. The molecule has 1 aliphatic rings. The van der Waals surface area contributed by atoms with Gasteiger partial charge in [0.1, 0.15) is 18.4 Å². The number of allylic oxidation sites excluding steroid dienone is 1. The molecule has 1 atom stereocenters. The molecule has 0 spiro atoms. The third kappa shape index (κ3) is 6.51. The zero-order valence-corrected chi connectivity index (χ0v) is 24.0. The SMILES string of the molecule is CCCCOc1ccc(C2C(C(=O)OCc3ccccc3)=C(C)Nc3nc(SCc4ccccc4Cl)nn32)cc1. The highest BCUT2D eigenvalue weighted by Crippen LogP contribution is 2.38. The van der Waals surface area contributed by atoms with E-state index < -0.39 is 12.0 Å². The minimum absolute atomic E-state index is 0.177. The van der Waals surface area contributed by atoms with E-state index >= 15 is 0 Å². The summed E-state index contributed by atoms with van der Waals surface area (Å²) in [4.78, 5) is 18.3. The molecule has 0 fully saturated rings. The fourth-order valence-corrected chi connectivity index (χ4v) is 5.52. The van der Waals surface area contributed by atoms with Crippen LogP contribution in [0.5, 0.6) is 5.75 Å². The fraction of sp³-hybridized carbons (Fsp3) is 0.258. The van der Waals surface area contributed by atoms with Crippen LogP contribution in [0.15, 0.2) is 95.3 Å². The molecular weight excluding hydrogens is 544 g/mol. The molecule has 0 aliphatic carbocycles. The van der Waals surface area contributed by atoms with Crippen LogP contribution in [-0.2, 0) is 21.9 Å². The van der Waals surface area contributed by atoms with Crippen LogP contribution < -0.4 is 10.1 Å². The van der Waals surface area contributed by atoms with E-state index in [1.165, 1.54) is 11.8 Å². The van der Waals surface area contributed by atoms with E-state index in [1.807, 2.05) is 85.8 Å². The van der Waals surface area contributed by atoms with Gasteiger partial charge >= 0.3 is 5.97 Å². The van der Waals surface area contributed by atoms with Gasteiger partial charge in [-0.3, -0.25) is 0 Å². The molecule has 1 N–H and O–H groups in total. The Morgan fingerprint density at radius 3 is 2.55 bits per heavy atom. The second-order valence-electron chi connectivity index (χ2n) is 9.44. The van der Waals surface area contributed by atoms with Gasteiger partial charge in [-0.15, -0.1) is 5.10 Å². The number of hydrogen-bond acceptors (Lipinski definition) is 7. The van der Waals surface area contributed by atoms with Crippen molar-refractivity contribution < 1.29 is 14.3 Å². The van der Waals surface area contributed by atoms with Crippen LogP contribution in [0.1, 0.15) is 49.4 Å². The molecule has 0 radical (unpaired) electrons. The molecule has 0 bridgehead atoms. The number of carbonyl (C=O) groups excluding carboxylic acids is 1. The van der Waals surface area contributed by atoms with Crippen molar-refractivity contribution in [1.29, 1.82) is 0 Å². The van der Waals surface area contributed by atoms with Gasteiger partial charge < -0.3 is 14.8 Å². The number of benzene rings is 3. The number of fused-ring (bicyclic) bond motifs is 1. The number of unbranched alkanes of at least 4 members (excludes halogenated alkanes) is 1. The average molecular weight is 575 g/mol. The highest BCUT2D eigenvalue weighted by Gasteiger charge is 2.35. The Kier molecular flexibility index (Phi) is 9.08. The summed E-state index contributed by atoms with van der Waals surface area (Å²) >= 11 is 7.84. The third-order valence-corrected chi connectivity index (χ3v) is 7.80. The predicted molar refractivity (Wildman–Crippen MR) is 159 cm³/mol. The number of nitrogens with one attached hydrogen (secondary N) is 1. The molecule has 9 heteroatoms. The Morgan fingerprint density at radius 2 is 1.80 bits per heavy atom. The molecule has 40 heavy (non-hydrogen) atoms. The maximum absolute atomic E-state index is 13.5. The highest BCUT2D eigenvalue weighted by atomic mass is 35.5. The quantitative estimate of drug-likeness (QED) is 0.113. The Bertz CT molecular complexity index is 1490. The molecule has 4 aromatic rings. The van der Waals surface area contributed by atoms with Crippen molar-refractivity contribution in [3.63, 3.8) is 0 Å². The molecule has 5 rings (SSSR count). The van der Waals surface area contributed by atoms with Crippen LogP contribution >= 0.6 is 23.4 Å². The Labute approximate surface area is 243 Å². The van der Waals surface area contributed by atoms with Gasteiger partial charge in [0.15, 0.2) is 0 Å². The summed E-state index contributed by atoms with van der Waals surface area (Å²) in [6, 6.07) is 24.6. The lowest BCUT2D eigenvalue weighted by molar-refractivity contribution is -0.140. The monoisotopic (exact) mass is 574 g/mol. The number of carbonyl (C=O) groups is 1. The number of nitrogens with zero attached hydrogens (tertiary/aromatic N) is 3. The Balaban J connectivity index is 1.43. The molecule has 206 valence electrons. The maximum Gasteiger partial charge on any atom is 0.338 e. The topological polar surface area (TPSA) is 78.3 Å². The van der Waals surface area contributed by atoms with Gasteiger partial charge in [-0.25, -0.2) is 9.48 Å². The minimum Gasteiger partial charge on any atom is -0.494 e. The molecular formula is C31H31ClN4O3S. The van der Waals surface area contributed by atoms with Crippen LogP contribution in [0.4, 0.5) is 5.95 Å². The van der Waals surface area contributed by atoms with E-state index in [9.17, 15) is 4.79 Å². The lowest BCUT2D eigenvalue weighted by Gasteiger charge is -2.28. The van der Waals surface area contributed by atoms with Crippen LogP contribution in [0, 0.1) is 0 Å². The molecule has 1 aromatic heterocycles. The number of hydrogen-bond donors (Lipinski definition) is 1. The Morgan fingerprint density at radius 1 is 1.05 bits per heavy atom. The predicted octanol–water partition coefficient (Wildman–Crippen LogP) is 7.44. The zero-order chi connectivity index (χ0) is 27.9. The van der Waals surface area contributed by atoms with E-state index in [1.54, 1.807) is 4.68 Å². The summed E-state index contributed by atoms with van der Waals surface area (Å²) in [5.41, 5.74) is 3.96. The van der Waals surface area contributed by atoms with Gasteiger partial charge in [-0.05, 0) is 48.2 Å².